The Morgan fingerprint density at radius 1 is 0.852 bits per heavy atom. The summed E-state index contributed by atoms with van der Waals surface area (Å²) in [6.45, 7) is 5.23. The molecule has 0 fully saturated rings. The first kappa shape index (κ1) is 20.3. The lowest BCUT2D eigenvalue weighted by Crippen LogP contribution is -2.41. The average molecular weight is 370 g/mol. The summed E-state index contributed by atoms with van der Waals surface area (Å²) in [6.07, 6.45) is 0.924. The van der Waals surface area contributed by atoms with Crippen molar-refractivity contribution in [3.8, 4) is 11.5 Å². The summed E-state index contributed by atoms with van der Waals surface area (Å²) >= 11 is 0. The number of hydrogen-bond donors (Lipinski definition) is 2. The Labute approximate surface area is 159 Å². The van der Waals surface area contributed by atoms with Crippen LogP contribution in [0, 0.1) is 5.41 Å². The van der Waals surface area contributed by atoms with Crippen molar-refractivity contribution < 1.29 is 19.1 Å². The largest absolute Gasteiger partial charge is 0.493 e. The van der Waals surface area contributed by atoms with Crippen LogP contribution in [0.25, 0.3) is 0 Å². The average Bonchev–Trinajstić information content (AvgIpc) is 2.68. The van der Waals surface area contributed by atoms with Crippen LogP contribution in [0.4, 0.5) is 11.4 Å². The van der Waals surface area contributed by atoms with Gasteiger partial charge in [-0.2, -0.15) is 0 Å². The maximum Gasteiger partial charge on any atom is 0.239 e. The van der Waals surface area contributed by atoms with Crippen LogP contribution in [0.1, 0.15) is 26.3 Å². The van der Waals surface area contributed by atoms with Crippen molar-refractivity contribution in [2.75, 3.05) is 24.9 Å². The summed E-state index contributed by atoms with van der Waals surface area (Å²) in [5.74, 6) is 0.249. The summed E-state index contributed by atoms with van der Waals surface area (Å²) in [6, 6.07) is 12.6. The number of nitrogens with one attached hydrogen (secondary N) is 2. The van der Waals surface area contributed by atoms with Gasteiger partial charge in [0.05, 0.1) is 14.2 Å². The molecule has 0 saturated carbocycles. The molecule has 0 saturated heterocycles. The highest BCUT2D eigenvalue weighted by Crippen LogP contribution is 2.30. The van der Waals surface area contributed by atoms with E-state index < -0.39 is 11.3 Å². The van der Waals surface area contributed by atoms with Gasteiger partial charge in [-0.05, 0) is 50.1 Å². The standard InChI is InChI=1S/C21H26N2O4/c1-6-14-7-9-15(10-8-14)22-19(24)21(2,3)20(25)23-16-11-12-17(26-4)18(13-16)27-5/h7-13H,6H2,1-5H3,(H,22,24)(H,23,25). The van der Waals surface area contributed by atoms with Crippen LogP contribution < -0.4 is 20.1 Å². The van der Waals surface area contributed by atoms with Crippen molar-refractivity contribution in [2.45, 2.75) is 27.2 Å². The summed E-state index contributed by atoms with van der Waals surface area (Å²) in [7, 11) is 3.06. The molecule has 0 aliphatic heterocycles. The van der Waals surface area contributed by atoms with Gasteiger partial charge in [-0.3, -0.25) is 9.59 Å². The van der Waals surface area contributed by atoms with E-state index in [1.807, 2.05) is 24.3 Å². The minimum Gasteiger partial charge on any atom is -0.493 e. The lowest BCUT2D eigenvalue weighted by atomic mass is 9.90. The predicted molar refractivity (Wildman–Crippen MR) is 106 cm³/mol. The smallest absolute Gasteiger partial charge is 0.239 e. The third-order valence-corrected chi connectivity index (χ3v) is 4.40. The number of anilines is 2. The summed E-state index contributed by atoms with van der Waals surface area (Å²) < 4.78 is 10.4. The van der Waals surface area contributed by atoms with E-state index in [-0.39, 0.29) is 5.91 Å². The maximum absolute atomic E-state index is 12.7. The Morgan fingerprint density at radius 2 is 1.37 bits per heavy atom. The molecule has 2 N–H and O–H groups in total. The molecule has 0 aliphatic carbocycles. The van der Waals surface area contributed by atoms with Gasteiger partial charge in [0, 0.05) is 17.4 Å². The molecule has 0 unspecified atom stereocenters. The van der Waals surface area contributed by atoms with Crippen LogP contribution in [-0.2, 0) is 16.0 Å². The molecule has 0 bridgehead atoms. The second kappa shape index (κ2) is 8.58. The minimum absolute atomic E-state index is 0.385. The summed E-state index contributed by atoms with van der Waals surface area (Å²) in [4.78, 5) is 25.3. The molecule has 0 spiro atoms. The number of carbonyl (C=O) groups is 2. The topological polar surface area (TPSA) is 76.7 Å². The highest BCUT2D eigenvalue weighted by atomic mass is 16.5. The molecule has 27 heavy (non-hydrogen) atoms. The molecular weight excluding hydrogens is 344 g/mol. The zero-order chi connectivity index (χ0) is 20.0. The molecule has 0 aromatic heterocycles. The van der Waals surface area contributed by atoms with Crippen LogP contribution in [0.15, 0.2) is 42.5 Å². The molecule has 6 heteroatoms. The molecule has 6 nitrogen and oxygen atoms in total. The van der Waals surface area contributed by atoms with Crippen molar-refractivity contribution in [3.63, 3.8) is 0 Å². The van der Waals surface area contributed by atoms with Crippen LogP contribution in [-0.4, -0.2) is 26.0 Å². The molecule has 0 heterocycles. The number of benzene rings is 2. The highest BCUT2D eigenvalue weighted by Gasteiger charge is 2.36. The van der Waals surface area contributed by atoms with Gasteiger partial charge in [-0.1, -0.05) is 19.1 Å². The Bertz CT molecular complexity index is 813. The Kier molecular flexibility index (Phi) is 6.45. The SMILES string of the molecule is CCc1ccc(NC(=O)C(C)(C)C(=O)Nc2ccc(OC)c(OC)c2)cc1. The van der Waals surface area contributed by atoms with Gasteiger partial charge in [0.2, 0.25) is 11.8 Å². The number of rotatable bonds is 7. The van der Waals surface area contributed by atoms with Crippen LogP contribution in [0.5, 0.6) is 11.5 Å². The summed E-state index contributed by atoms with van der Waals surface area (Å²) in [5.41, 5.74) is 1.09. The molecule has 2 aromatic rings. The van der Waals surface area contributed by atoms with Gasteiger partial charge in [0.1, 0.15) is 5.41 Å². The second-order valence-electron chi connectivity index (χ2n) is 6.65. The van der Waals surface area contributed by atoms with E-state index >= 15 is 0 Å². The quantitative estimate of drug-likeness (QED) is 0.726. The number of hydrogen-bond acceptors (Lipinski definition) is 4. The van der Waals surface area contributed by atoms with Gasteiger partial charge in [-0.15, -0.1) is 0 Å². The molecular formula is C21H26N2O4. The monoisotopic (exact) mass is 370 g/mol. The third kappa shape index (κ3) is 4.78. The minimum atomic E-state index is -1.27. The lowest BCUT2D eigenvalue weighted by molar-refractivity contribution is -0.135. The van der Waals surface area contributed by atoms with Gasteiger partial charge in [-0.25, -0.2) is 0 Å². The first-order valence-corrected chi connectivity index (χ1v) is 8.75. The van der Waals surface area contributed by atoms with Crippen molar-refractivity contribution in [1.82, 2.24) is 0 Å². The number of carbonyl (C=O) groups excluding carboxylic acids is 2. The number of aryl methyl sites for hydroxylation is 1. The second-order valence-corrected chi connectivity index (χ2v) is 6.65. The maximum atomic E-state index is 12.7. The van der Waals surface area contributed by atoms with E-state index in [0.717, 1.165) is 6.42 Å². The molecule has 2 rings (SSSR count). The third-order valence-electron chi connectivity index (χ3n) is 4.40. The van der Waals surface area contributed by atoms with E-state index in [4.69, 9.17) is 9.47 Å². The van der Waals surface area contributed by atoms with Crippen molar-refractivity contribution in [3.05, 3.63) is 48.0 Å². The van der Waals surface area contributed by atoms with Crippen LogP contribution in [0.2, 0.25) is 0 Å². The molecule has 144 valence electrons. The number of ether oxygens (including phenoxy) is 2. The molecule has 0 radical (unpaired) electrons. The summed E-state index contributed by atoms with van der Waals surface area (Å²) in [5, 5.41) is 5.55. The van der Waals surface area contributed by atoms with E-state index in [1.54, 1.807) is 32.0 Å². The van der Waals surface area contributed by atoms with Crippen LogP contribution in [0.3, 0.4) is 0 Å². The first-order valence-electron chi connectivity index (χ1n) is 8.75. The number of methoxy groups -OCH3 is 2. The lowest BCUT2D eigenvalue weighted by Gasteiger charge is -2.23. The van der Waals surface area contributed by atoms with E-state index in [2.05, 4.69) is 17.6 Å². The normalized spacial score (nSPS) is 10.9. The fourth-order valence-electron chi connectivity index (χ4n) is 2.42. The van der Waals surface area contributed by atoms with E-state index in [1.165, 1.54) is 19.8 Å². The van der Waals surface area contributed by atoms with Crippen molar-refractivity contribution in [1.29, 1.82) is 0 Å². The van der Waals surface area contributed by atoms with Gasteiger partial charge in [0.25, 0.3) is 0 Å². The highest BCUT2D eigenvalue weighted by molar-refractivity contribution is 6.14. The van der Waals surface area contributed by atoms with E-state index in [0.29, 0.717) is 22.9 Å². The van der Waals surface area contributed by atoms with Gasteiger partial charge >= 0.3 is 0 Å². The zero-order valence-electron chi connectivity index (χ0n) is 16.4. The molecule has 0 aliphatic rings. The first-order chi connectivity index (χ1) is 12.8. The number of amides is 2. The Balaban J connectivity index is 2.09. The van der Waals surface area contributed by atoms with Crippen molar-refractivity contribution in [2.24, 2.45) is 5.41 Å². The van der Waals surface area contributed by atoms with Gasteiger partial charge < -0.3 is 20.1 Å². The zero-order valence-corrected chi connectivity index (χ0v) is 16.4. The molecule has 2 aromatic carbocycles. The molecule has 0 atom stereocenters. The van der Waals surface area contributed by atoms with Crippen LogP contribution >= 0.6 is 0 Å². The Morgan fingerprint density at radius 3 is 1.89 bits per heavy atom. The predicted octanol–water partition coefficient (Wildman–Crippen LogP) is 3.87. The fourth-order valence-corrected chi connectivity index (χ4v) is 2.42. The van der Waals surface area contributed by atoms with Gasteiger partial charge in [0.15, 0.2) is 11.5 Å². The van der Waals surface area contributed by atoms with Crippen molar-refractivity contribution >= 4 is 23.2 Å². The van der Waals surface area contributed by atoms with E-state index in [9.17, 15) is 9.59 Å². The Hall–Kier alpha value is -3.02. The fraction of sp³-hybridized carbons (Fsp3) is 0.333. The molecule has 2 amide bonds.